The van der Waals surface area contributed by atoms with E-state index in [0.29, 0.717) is 6.61 Å². The zero-order valence-electron chi connectivity index (χ0n) is 16.3. The lowest BCUT2D eigenvalue weighted by Gasteiger charge is -2.07. The van der Waals surface area contributed by atoms with Gasteiger partial charge in [-0.1, -0.05) is 49.4 Å². The Hall–Kier alpha value is -3.33. The van der Waals surface area contributed by atoms with Gasteiger partial charge >= 0.3 is 0 Å². The molecule has 0 N–H and O–H groups in total. The summed E-state index contributed by atoms with van der Waals surface area (Å²) in [4.78, 5) is 4.59. The molecule has 0 unspecified atom stereocenters. The second-order valence-electron chi connectivity index (χ2n) is 6.72. The molecule has 0 saturated heterocycles. The average molecular weight is 368 g/mol. The number of hydrogen-bond acceptors (Lipinski definition) is 2. The molecular weight excluding hydrogens is 344 g/mol. The van der Waals surface area contributed by atoms with E-state index in [9.17, 15) is 0 Å². The molecule has 0 bridgehead atoms. The van der Waals surface area contributed by atoms with E-state index in [0.717, 1.165) is 34.5 Å². The predicted molar refractivity (Wildman–Crippen MR) is 117 cm³/mol. The van der Waals surface area contributed by atoms with Gasteiger partial charge in [-0.25, -0.2) is 4.98 Å². The van der Waals surface area contributed by atoms with Crippen molar-refractivity contribution in [3.8, 4) is 11.4 Å². The van der Waals surface area contributed by atoms with Crippen LogP contribution in [0.15, 0.2) is 73.1 Å². The van der Waals surface area contributed by atoms with Crippen molar-refractivity contribution in [2.24, 2.45) is 0 Å². The maximum absolute atomic E-state index is 5.53. The number of benzene rings is 3. The van der Waals surface area contributed by atoms with E-state index in [-0.39, 0.29) is 0 Å². The van der Waals surface area contributed by atoms with Crippen molar-refractivity contribution >= 4 is 23.2 Å². The van der Waals surface area contributed by atoms with Crippen molar-refractivity contribution in [1.82, 2.24) is 9.55 Å². The van der Waals surface area contributed by atoms with E-state index in [4.69, 9.17) is 4.74 Å². The summed E-state index contributed by atoms with van der Waals surface area (Å²) in [7, 11) is 0. The lowest BCUT2D eigenvalue weighted by Crippen LogP contribution is -1.94. The van der Waals surface area contributed by atoms with Crippen LogP contribution in [0.5, 0.6) is 5.75 Å². The SMILES string of the molecule is CCOc1ccc(-n2cnc3cc(/C=C/c4ccc(CC)cc4)ccc32)cc1. The maximum atomic E-state index is 5.53. The van der Waals surface area contributed by atoms with Gasteiger partial charge in [-0.2, -0.15) is 0 Å². The van der Waals surface area contributed by atoms with E-state index in [1.165, 1.54) is 11.1 Å². The van der Waals surface area contributed by atoms with Crippen LogP contribution in [0.3, 0.4) is 0 Å². The predicted octanol–water partition coefficient (Wildman–Crippen LogP) is 6.16. The molecule has 3 aromatic carbocycles. The Morgan fingerprint density at radius 1 is 0.857 bits per heavy atom. The summed E-state index contributed by atoms with van der Waals surface area (Å²) in [5.41, 5.74) is 6.86. The molecule has 0 fully saturated rings. The fourth-order valence-corrected chi connectivity index (χ4v) is 3.27. The van der Waals surface area contributed by atoms with Gasteiger partial charge in [0.05, 0.1) is 17.6 Å². The van der Waals surface area contributed by atoms with Gasteiger partial charge in [-0.15, -0.1) is 0 Å². The number of hydrogen-bond donors (Lipinski definition) is 0. The van der Waals surface area contributed by atoms with Crippen molar-refractivity contribution < 1.29 is 4.74 Å². The number of fused-ring (bicyclic) bond motifs is 1. The molecule has 4 aromatic rings. The van der Waals surface area contributed by atoms with E-state index >= 15 is 0 Å². The molecule has 0 radical (unpaired) electrons. The van der Waals surface area contributed by atoms with Crippen molar-refractivity contribution in [1.29, 1.82) is 0 Å². The molecule has 140 valence electrons. The van der Waals surface area contributed by atoms with E-state index in [1.807, 2.05) is 25.4 Å². The summed E-state index contributed by atoms with van der Waals surface area (Å²) < 4.78 is 7.62. The third kappa shape index (κ3) is 3.84. The topological polar surface area (TPSA) is 27.1 Å². The number of rotatable bonds is 6. The molecule has 4 rings (SSSR count). The van der Waals surface area contributed by atoms with Gasteiger partial charge in [-0.3, -0.25) is 4.57 Å². The Kier molecular flexibility index (Phi) is 5.24. The highest BCUT2D eigenvalue weighted by Gasteiger charge is 2.05. The van der Waals surface area contributed by atoms with Crippen LogP contribution >= 0.6 is 0 Å². The standard InChI is InChI=1S/C25H24N2O/c1-3-19-5-7-20(8-6-19)9-10-21-11-16-25-24(17-21)26-18-27(25)22-12-14-23(15-13-22)28-4-2/h5-18H,3-4H2,1-2H3/b10-9+. The monoisotopic (exact) mass is 368 g/mol. The highest BCUT2D eigenvalue weighted by Crippen LogP contribution is 2.22. The van der Waals surface area contributed by atoms with Crippen LogP contribution in [0.25, 0.3) is 28.9 Å². The average Bonchev–Trinajstić information content (AvgIpc) is 3.17. The summed E-state index contributed by atoms with van der Waals surface area (Å²) in [6.45, 7) is 4.84. The summed E-state index contributed by atoms with van der Waals surface area (Å²) in [5, 5.41) is 0. The zero-order chi connectivity index (χ0) is 19.3. The number of aromatic nitrogens is 2. The molecular formula is C25H24N2O. The van der Waals surface area contributed by atoms with Crippen LogP contribution in [0, 0.1) is 0 Å². The molecule has 0 spiro atoms. The highest BCUT2D eigenvalue weighted by molar-refractivity contribution is 5.82. The lowest BCUT2D eigenvalue weighted by atomic mass is 10.1. The maximum Gasteiger partial charge on any atom is 0.119 e. The first-order valence-corrected chi connectivity index (χ1v) is 9.74. The van der Waals surface area contributed by atoms with Gasteiger partial charge < -0.3 is 4.74 Å². The Morgan fingerprint density at radius 2 is 1.57 bits per heavy atom. The minimum absolute atomic E-state index is 0.673. The zero-order valence-corrected chi connectivity index (χ0v) is 16.3. The van der Waals surface area contributed by atoms with Crippen LogP contribution in [0.2, 0.25) is 0 Å². The summed E-state index contributed by atoms with van der Waals surface area (Å²) in [6.07, 6.45) is 7.22. The lowest BCUT2D eigenvalue weighted by molar-refractivity contribution is 0.340. The first-order chi connectivity index (χ1) is 13.8. The van der Waals surface area contributed by atoms with Crippen LogP contribution < -0.4 is 4.74 Å². The molecule has 3 nitrogen and oxygen atoms in total. The van der Waals surface area contributed by atoms with E-state index < -0.39 is 0 Å². The minimum atomic E-state index is 0.673. The van der Waals surface area contributed by atoms with E-state index in [1.54, 1.807) is 0 Å². The number of nitrogens with zero attached hydrogens (tertiary/aromatic N) is 2. The fourth-order valence-electron chi connectivity index (χ4n) is 3.27. The smallest absolute Gasteiger partial charge is 0.119 e. The molecule has 0 atom stereocenters. The summed E-state index contributed by atoms with van der Waals surface area (Å²) in [6, 6.07) is 23.2. The molecule has 0 aliphatic heterocycles. The van der Waals surface area contributed by atoms with Crippen molar-refractivity contribution in [2.45, 2.75) is 20.3 Å². The highest BCUT2D eigenvalue weighted by atomic mass is 16.5. The molecule has 0 amide bonds. The van der Waals surface area contributed by atoms with Gasteiger partial charge in [-0.05, 0) is 66.4 Å². The fraction of sp³-hybridized carbons (Fsp3) is 0.160. The van der Waals surface area contributed by atoms with Crippen LogP contribution in [0.4, 0.5) is 0 Å². The summed E-state index contributed by atoms with van der Waals surface area (Å²) >= 11 is 0. The van der Waals surface area contributed by atoms with Crippen LogP contribution in [-0.2, 0) is 6.42 Å². The van der Waals surface area contributed by atoms with Gasteiger partial charge in [0.15, 0.2) is 0 Å². The molecule has 3 heteroatoms. The number of ether oxygens (including phenoxy) is 1. The first-order valence-electron chi connectivity index (χ1n) is 9.74. The Morgan fingerprint density at radius 3 is 2.29 bits per heavy atom. The van der Waals surface area contributed by atoms with Crippen molar-refractivity contribution in [2.75, 3.05) is 6.61 Å². The summed E-state index contributed by atoms with van der Waals surface area (Å²) in [5.74, 6) is 0.884. The third-order valence-corrected chi connectivity index (χ3v) is 4.85. The van der Waals surface area contributed by atoms with Gasteiger partial charge in [0.2, 0.25) is 0 Å². The Balaban J connectivity index is 1.57. The second kappa shape index (κ2) is 8.13. The van der Waals surface area contributed by atoms with Crippen LogP contribution in [0.1, 0.15) is 30.5 Å². The van der Waals surface area contributed by atoms with Gasteiger partial charge in [0, 0.05) is 5.69 Å². The second-order valence-corrected chi connectivity index (χ2v) is 6.72. The van der Waals surface area contributed by atoms with Crippen molar-refractivity contribution in [3.05, 3.63) is 89.7 Å². The quantitative estimate of drug-likeness (QED) is 0.381. The molecule has 0 aliphatic rings. The molecule has 28 heavy (non-hydrogen) atoms. The molecule has 1 aromatic heterocycles. The number of imidazole rings is 1. The first kappa shape index (κ1) is 18.1. The van der Waals surface area contributed by atoms with Crippen molar-refractivity contribution in [3.63, 3.8) is 0 Å². The minimum Gasteiger partial charge on any atom is -0.494 e. The molecule has 0 saturated carbocycles. The molecule has 1 heterocycles. The van der Waals surface area contributed by atoms with E-state index in [2.05, 4.69) is 83.2 Å². The van der Waals surface area contributed by atoms with Gasteiger partial charge in [0.1, 0.15) is 12.1 Å². The Labute approximate surface area is 165 Å². The van der Waals surface area contributed by atoms with Crippen LogP contribution in [-0.4, -0.2) is 16.2 Å². The third-order valence-electron chi connectivity index (χ3n) is 4.85. The van der Waals surface area contributed by atoms with Gasteiger partial charge in [0.25, 0.3) is 0 Å². The largest absolute Gasteiger partial charge is 0.494 e. The number of aryl methyl sites for hydroxylation is 1. The Bertz CT molecular complexity index is 1090. The molecule has 0 aliphatic carbocycles. The normalized spacial score (nSPS) is 11.4.